The van der Waals surface area contributed by atoms with Gasteiger partial charge in [0.25, 0.3) is 0 Å². The summed E-state index contributed by atoms with van der Waals surface area (Å²) >= 11 is 5.87. The Kier molecular flexibility index (Phi) is 8.35. The van der Waals surface area contributed by atoms with Crippen molar-refractivity contribution in [1.82, 2.24) is 15.5 Å². The van der Waals surface area contributed by atoms with Crippen molar-refractivity contribution in [1.29, 1.82) is 0 Å². The van der Waals surface area contributed by atoms with Crippen molar-refractivity contribution in [2.24, 2.45) is 4.99 Å². The molecule has 0 spiro atoms. The van der Waals surface area contributed by atoms with Gasteiger partial charge in [-0.3, -0.25) is 0 Å². The predicted octanol–water partition coefficient (Wildman–Crippen LogP) is 3.15. The molecule has 0 unspecified atom stereocenters. The zero-order chi connectivity index (χ0) is 18.1. The molecule has 5 nitrogen and oxygen atoms in total. The molecule has 0 saturated carbocycles. The number of nitrogens with one attached hydrogen (secondary N) is 2. The largest absolute Gasteiger partial charge is 0.492 e. The first-order valence-corrected chi connectivity index (χ1v) is 9.63. The number of halogens is 1. The molecule has 1 aliphatic rings. The highest BCUT2D eigenvalue weighted by Crippen LogP contribution is 2.15. The van der Waals surface area contributed by atoms with Crippen molar-refractivity contribution in [2.75, 3.05) is 32.8 Å². The van der Waals surface area contributed by atoms with Gasteiger partial charge in [0.15, 0.2) is 5.96 Å². The monoisotopic (exact) mass is 366 g/mol. The molecule has 0 atom stereocenters. The van der Waals surface area contributed by atoms with Crippen LogP contribution in [-0.2, 0) is 0 Å². The summed E-state index contributed by atoms with van der Waals surface area (Å²) in [6, 6.07) is 8.53. The topological polar surface area (TPSA) is 48.9 Å². The second-order valence-corrected chi connectivity index (χ2v) is 7.05. The van der Waals surface area contributed by atoms with Crippen LogP contribution in [0, 0.1) is 0 Å². The Morgan fingerprint density at radius 3 is 2.56 bits per heavy atom. The van der Waals surface area contributed by atoms with Crippen LogP contribution >= 0.6 is 11.6 Å². The Labute approximate surface area is 156 Å². The van der Waals surface area contributed by atoms with E-state index in [1.54, 1.807) is 0 Å². The number of likely N-dealkylation sites (tertiary alicyclic amines) is 1. The van der Waals surface area contributed by atoms with Crippen LogP contribution in [0.2, 0.25) is 5.02 Å². The predicted molar refractivity (Wildman–Crippen MR) is 106 cm³/mol. The summed E-state index contributed by atoms with van der Waals surface area (Å²) in [6.07, 6.45) is 2.31. The van der Waals surface area contributed by atoms with Crippen molar-refractivity contribution in [3.63, 3.8) is 0 Å². The molecule has 0 aliphatic carbocycles. The van der Waals surface area contributed by atoms with Crippen LogP contribution in [-0.4, -0.2) is 55.7 Å². The highest BCUT2D eigenvalue weighted by atomic mass is 35.5. The zero-order valence-corrected chi connectivity index (χ0v) is 16.4. The quantitative estimate of drug-likeness (QED) is 0.442. The fourth-order valence-corrected chi connectivity index (χ4v) is 3.05. The van der Waals surface area contributed by atoms with E-state index in [1.165, 1.54) is 0 Å². The average molecular weight is 367 g/mol. The van der Waals surface area contributed by atoms with Crippen molar-refractivity contribution in [2.45, 2.75) is 45.7 Å². The van der Waals surface area contributed by atoms with Crippen LogP contribution in [0.15, 0.2) is 29.3 Å². The van der Waals surface area contributed by atoms with Gasteiger partial charge in [-0.2, -0.15) is 0 Å². The van der Waals surface area contributed by atoms with E-state index in [0.29, 0.717) is 30.3 Å². The fourth-order valence-electron chi connectivity index (χ4n) is 2.93. The van der Waals surface area contributed by atoms with Gasteiger partial charge < -0.3 is 20.3 Å². The molecule has 2 N–H and O–H groups in total. The smallest absolute Gasteiger partial charge is 0.191 e. The minimum absolute atomic E-state index is 0.491. The fraction of sp³-hybridized carbons (Fsp3) is 0.632. The van der Waals surface area contributed by atoms with Crippen molar-refractivity contribution in [3.8, 4) is 5.75 Å². The second-order valence-electron chi connectivity index (χ2n) is 6.61. The van der Waals surface area contributed by atoms with E-state index < -0.39 is 0 Å². The Hall–Kier alpha value is -1.46. The molecule has 1 saturated heterocycles. The molecule has 2 rings (SSSR count). The lowest BCUT2D eigenvalue weighted by Crippen LogP contribution is -2.50. The van der Waals surface area contributed by atoms with E-state index in [1.807, 2.05) is 24.3 Å². The normalized spacial score (nSPS) is 16.9. The minimum atomic E-state index is 0.491. The molecule has 25 heavy (non-hydrogen) atoms. The molecule has 0 bridgehead atoms. The summed E-state index contributed by atoms with van der Waals surface area (Å²) in [6.45, 7) is 10.9. The van der Waals surface area contributed by atoms with Crippen LogP contribution in [0.4, 0.5) is 0 Å². The van der Waals surface area contributed by atoms with Gasteiger partial charge in [0, 0.05) is 36.7 Å². The highest BCUT2D eigenvalue weighted by molar-refractivity contribution is 6.30. The molecule has 1 fully saturated rings. The lowest BCUT2D eigenvalue weighted by atomic mass is 10.0. The van der Waals surface area contributed by atoms with Gasteiger partial charge in [-0.25, -0.2) is 4.99 Å². The van der Waals surface area contributed by atoms with Gasteiger partial charge in [0.2, 0.25) is 0 Å². The number of benzene rings is 1. The maximum Gasteiger partial charge on any atom is 0.191 e. The highest BCUT2D eigenvalue weighted by Gasteiger charge is 2.21. The lowest BCUT2D eigenvalue weighted by Gasteiger charge is -2.35. The second kappa shape index (κ2) is 10.5. The molecular formula is C19H31ClN4O. The number of nitrogens with zero attached hydrogens (tertiary/aromatic N) is 2. The molecule has 0 aromatic heterocycles. The first-order chi connectivity index (χ1) is 12.1. The van der Waals surface area contributed by atoms with Crippen LogP contribution in [0.1, 0.15) is 33.6 Å². The first kappa shape index (κ1) is 19.9. The van der Waals surface area contributed by atoms with Gasteiger partial charge >= 0.3 is 0 Å². The van der Waals surface area contributed by atoms with Crippen molar-refractivity contribution in [3.05, 3.63) is 29.3 Å². The van der Waals surface area contributed by atoms with Gasteiger partial charge in [-0.05, 0) is 57.9 Å². The number of rotatable bonds is 7. The summed E-state index contributed by atoms with van der Waals surface area (Å²) in [5, 5.41) is 7.60. The minimum Gasteiger partial charge on any atom is -0.492 e. The number of piperidine rings is 1. The Balaban J connectivity index is 1.75. The summed E-state index contributed by atoms with van der Waals surface area (Å²) in [7, 11) is 0. The molecule has 1 aromatic rings. The zero-order valence-electron chi connectivity index (χ0n) is 15.6. The van der Waals surface area contributed by atoms with E-state index in [9.17, 15) is 0 Å². The molecule has 1 aliphatic heterocycles. The number of hydrogen-bond donors (Lipinski definition) is 2. The Morgan fingerprint density at radius 1 is 1.28 bits per heavy atom. The molecule has 6 heteroatoms. The van der Waals surface area contributed by atoms with E-state index >= 15 is 0 Å². The van der Waals surface area contributed by atoms with Crippen molar-refractivity contribution >= 4 is 17.6 Å². The molecule has 0 radical (unpaired) electrons. The summed E-state index contributed by atoms with van der Waals surface area (Å²) in [5.41, 5.74) is 0. The van der Waals surface area contributed by atoms with Crippen LogP contribution in [0.25, 0.3) is 0 Å². The molecule has 0 amide bonds. The van der Waals surface area contributed by atoms with Crippen LogP contribution < -0.4 is 15.4 Å². The van der Waals surface area contributed by atoms with Gasteiger partial charge in [-0.15, -0.1) is 0 Å². The van der Waals surface area contributed by atoms with E-state index in [0.717, 1.165) is 44.2 Å². The van der Waals surface area contributed by atoms with Crippen LogP contribution in [0.3, 0.4) is 0 Å². The number of ether oxygens (including phenoxy) is 1. The number of aliphatic imine (C=N–C) groups is 1. The van der Waals surface area contributed by atoms with Crippen molar-refractivity contribution < 1.29 is 4.74 Å². The SMILES string of the molecule is CCNC(=NCCOc1ccc(Cl)cc1)NC1CCN(C(C)C)CC1. The van der Waals surface area contributed by atoms with Gasteiger partial charge in [0.05, 0.1) is 6.54 Å². The molecule has 1 heterocycles. The summed E-state index contributed by atoms with van der Waals surface area (Å²) in [5.74, 6) is 1.70. The lowest BCUT2D eigenvalue weighted by molar-refractivity contribution is 0.167. The third-order valence-electron chi connectivity index (χ3n) is 4.39. The standard InChI is InChI=1S/C19H31ClN4O/c1-4-21-19(23-17-9-12-24(13-10-17)15(2)3)22-11-14-25-18-7-5-16(20)6-8-18/h5-8,15,17H,4,9-14H2,1-3H3,(H2,21,22,23). The summed E-state index contributed by atoms with van der Waals surface area (Å²) in [4.78, 5) is 7.15. The molecule has 1 aromatic carbocycles. The first-order valence-electron chi connectivity index (χ1n) is 9.25. The third-order valence-corrected chi connectivity index (χ3v) is 4.64. The average Bonchev–Trinajstić information content (AvgIpc) is 2.61. The third kappa shape index (κ3) is 7.12. The maximum atomic E-state index is 5.87. The Morgan fingerprint density at radius 2 is 1.96 bits per heavy atom. The van der Waals surface area contributed by atoms with Gasteiger partial charge in [0.1, 0.15) is 12.4 Å². The van der Waals surface area contributed by atoms with E-state index in [4.69, 9.17) is 16.3 Å². The molecule has 140 valence electrons. The summed E-state index contributed by atoms with van der Waals surface area (Å²) < 4.78 is 5.69. The van der Waals surface area contributed by atoms with E-state index in [-0.39, 0.29) is 0 Å². The van der Waals surface area contributed by atoms with Crippen LogP contribution in [0.5, 0.6) is 5.75 Å². The number of guanidine groups is 1. The maximum absolute atomic E-state index is 5.87. The molecular weight excluding hydrogens is 336 g/mol. The Bertz CT molecular complexity index is 525. The van der Waals surface area contributed by atoms with E-state index in [2.05, 4.69) is 41.3 Å². The van der Waals surface area contributed by atoms with Gasteiger partial charge in [-0.1, -0.05) is 11.6 Å². The number of hydrogen-bond acceptors (Lipinski definition) is 3.